The van der Waals surface area contributed by atoms with Crippen molar-refractivity contribution in [2.45, 2.75) is 12.5 Å². The topological polar surface area (TPSA) is 81.7 Å². The van der Waals surface area contributed by atoms with E-state index < -0.39 is 53.3 Å². The lowest BCUT2D eigenvalue weighted by Crippen LogP contribution is -2.43. The highest BCUT2D eigenvalue weighted by atomic mass is 19.1. The lowest BCUT2D eigenvalue weighted by atomic mass is 10.1. The third-order valence-electron chi connectivity index (χ3n) is 2.62. The highest BCUT2D eigenvalue weighted by Crippen LogP contribution is 2.15. The molecule has 0 aromatic heterocycles. The largest absolute Gasteiger partial charge is 0.469 e. The van der Waals surface area contributed by atoms with Gasteiger partial charge in [0.2, 0.25) is 0 Å². The van der Waals surface area contributed by atoms with Crippen molar-refractivity contribution in [2.75, 3.05) is 14.2 Å². The van der Waals surface area contributed by atoms with Crippen LogP contribution < -0.4 is 5.32 Å². The third-order valence-corrected chi connectivity index (χ3v) is 2.62. The Morgan fingerprint density at radius 2 is 1.64 bits per heavy atom. The average molecular weight is 319 g/mol. The van der Waals surface area contributed by atoms with Crippen LogP contribution in [-0.4, -0.2) is 38.1 Å². The Hall–Kier alpha value is -2.58. The zero-order chi connectivity index (χ0) is 16.9. The lowest BCUT2D eigenvalue weighted by molar-refractivity contribution is -0.149. The van der Waals surface area contributed by atoms with Crippen LogP contribution in [0.5, 0.6) is 0 Å². The molecule has 1 aromatic rings. The molecule has 0 fully saturated rings. The maximum atomic E-state index is 13.5. The first-order valence-electron chi connectivity index (χ1n) is 5.90. The number of esters is 2. The summed E-state index contributed by atoms with van der Waals surface area (Å²) in [5.74, 6) is -7.30. The molecule has 22 heavy (non-hydrogen) atoms. The molecule has 1 amide bonds. The second-order valence-corrected chi connectivity index (χ2v) is 4.07. The molecule has 120 valence electrons. The fourth-order valence-electron chi connectivity index (χ4n) is 1.58. The van der Waals surface area contributed by atoms with Crippen molar-refractivity contribution >= 4 is 17.8 Å². The van der Waals surface area contributed by atoms with E-state index in [-0.39, 0.29) is 0 Å². The van der Waals surface area contributed by atoms with Crippen LogP contribution in [0.1, 0.15) is 16.8 Å². The quantitative estimate of drug-likeness (QED) is 0.817. The summed E-state index contributed by atoms with van der Waals surface area (Å²) in [5, 5.41) is 1.93. The number of nitrogens with one attached hydrogen (secondary N) is 1. The van der Waals surface area contributed by atoms with Crippen LogP contribution in [0.15, 0.2) is 12.1 Å². The predicted octanol–water partition coefficient (Wildman–Crippen LogP) is 0.938. The Balaban J connectivity index is 3.01. The Kier molecular flexibility index (Phi) is 5.90. The molecule has 0 bridgehead atoms. The minimum absolute atomic E-state index is 0.311. The Morgan fingerprint density at radius 1 is 1.09 bits per heavy atom. The third kappa shape index (κ3) is 4.21. The number of amides is 1. The zero-order valence-electron chi connectivity index (χ0n) is 11.6. The molecule has 0 saturated heterocycles. The van der Waals surface area contributed by atoms with Gasteiger partial charge in [0.15, 0.2) is 0 Å². The second kappa shape index (κ2) is 7.43. The summed E-state index contributed by atoms with van der Waals surface area (Å²) in [6, 6.07) is -0.884. The molecule has 1 aromatic carbocycles. The van der Waals surface area contributed by atoms with Crippen molar-refractivity contribution in [3.63, 3.8) is 0 Å². The van der Waals surface area contributed by atoms with Gasteiger partial charge in [-0.05, 0) is 0 Å². The van der Waals surface area contributed by atoms with E-state index in [1.165, 1.54) is 0 Å². The van der Waals surface area contributed by atoms with Crippen LogP contribution in [0, 0.1) is 17.5 Å². The molecule has 0 saturated carbocycles. The highest BCUT2D eigenvalue weighted by molar-refractivity contribution is 5.98. The zero-order valence-corrected chi connectivity index (χ0v) is 11.6. The van der Waals surface area contributed by atoms with E-state index in [0.29, 0.717) is 12.1 Å². The number of halogens is 3. The average Bonchev–Trinajstić information content (AvgIpc) is 2.44. The normalized spacial score (nSPS) is 11.5. The molecule has 0 radical (unpaired) electrons. The van der Waals surface area contributed by atoms with Crippen LogP contribution in [0.3, 0.4) is 0 Å². The van der Waals surface area contributed by atoms with Gasteiger partial charge in [-0.25, -0.2) is 18.0 Å². The molecule has 0 aliphatic rings. The predicted molar refractivity (Wildman–Crippen MR) is 66.2 cm³/mol. The molecule has 6 nitrogen and oxygen atoms in total. The summed E-state index contributed by atoms with van der Waals surface area (Å²) in [5.41, 5.74) is -1.08. The number of ether oxygens (including phenoxy) is 2. The van der Waals surface area contributed by atoms with E-state index in [9.17, 15) is 27.6 Å². The summed E-state index contributed by atoms with van der Waals surface area (Å²) in [7, 11) is 2.05. The van der Waals surface area contributed by atoms with E-state index in [1.807, 2.05) is 5.32 Å². The monoisotopic (exact) mass is 319 g/mol. The number of hydrogen-bond acceptors (Lipinski definition) is 5. The molecule has 0 heterocycles. The van der Waals surface area contributed by atoms with Gasteiger partial charge in [-0.1, -0.05) is 0 Å². The Morgan fingerprint density at radius 3 is 2.09 bits per heavy atom. The Labute approximate surface area is 123 Å². The first-order valence-corrected chi connectivity index (χ1v) is 5.90. The molecule has 0 aliphatic heterocycles. The van der Waals surface area contributed by atoms with Gasteiger partial charge in [-0.2, -0.15) is 0 Å². The van der Waals surface area contributed by atoms with Crippen LogP contribution in [0.4, 0.5) is 13.2 Å². The summed E-state index contributed by atoms with van der Waals surface area (Å²) in [6.07, 6.45) is -0.598. The minimum atomic E-state index is -1.51. The van der Waals surface area contributed by atoms with Gasteiger partial charge in [-0.15, -0.1) is 0 Å². The number of hydrogen-bond donors (Lipinski definition) is 1. The van der Waals surface area contributed by atoms with Crippen LogP contribution >= 0.6 is 0 Å². The standard InChI is InChI=1S/C13H12F3NO5/c1-21-10(18)5-9(13(20)22-2)17-12(19)11-7(15)3-6(14)4-8(11)16/h3-4,9H,5H2,1-2H3,(H,17,19)/t9-/m1/s1. The van der Waals surface area contributed by atoms with Crippen molar-refractivity contribution in [1.82, 2.24) is 5.32 Å². The summed E-state index contributed by atoms with van der Waals surface area (Å²) >= 11 is 0. The van der Waals surface area contributed by atoms with Gasteiger partial charge in [0.25, 0.3) is 5.91 Å². The second-order valence-electron chi connectivity index (χ2n) is 4.07. The minimum Gasteiger partial charge on any atom is -0.469 e. The smallest absolute Gasteiger partial charge is 0.328 e. The van der Waals surface area contributed by atoms with Crippen LogP contribution in [0.2, 0.25) is 0 Å². The van der Waals surface area contributed by atoms with Crippen molar-refractivity contribution in [1.29, 1.82) is 0 Å². The van der Waals surface area contributed by atoms with E-state index in [2.05, 4.69) is 9.47 Å². The lowest BCUT2D eigenvalue weighted by Gasteiger charge is -2.15. The highest BCUT2D eigenvalue weighted by Gasteiger charge is 2.28. The maximum absolute atomic E-state index is 13.5. The van der Waals surface area contributed by atoms with Gasteiger partial charge in [0, 0.05) is 12.1 Å². The van der Waals surface area contributed by atoms with Crippen molar-refractivity contribution in [3.05, 3.63) is 35.1 Å². The number of carbonyl (C=O) groups excluding carboxylic acids is 3. The SMILES string of the molecule is COC(=O)C[C@@H](NC(=O)c1c(F)cc(F)cc1F)C(=O)OC. The van der Waals surface area contributed by atoms with Crippen LogP contribution in [0.25, 0.3) is 0 Å². The van der Waals surface area contributed by atoms with Gasteiger partial charge in [0.1, 0.15) is 29.1 Å². The molecular weight excluding hydrogens is 307 g/mol. The molecule has 1 atom stereocenters. The maximum Gasteiger partial charge on any atom is 0.328 e. The molecule has 0 aliphatic carbocycles. The molecule has 1 N–H and O–H groups in total. The van der Waals surface area contributed by atoms with E-state index >= 15 is 0 Å². The number of methoxy groups -OCH3 is 2. The van der Waals surface area contributed by atoms with Crippen molar-refractivity contribution < 1.29 is 37.0 Å². The van der Waals surface area contributed by atoms with Crippen molar-refractivity contribution in [3.8, 4) is 0 Å². The van der Waals surface area contributed by atoms with E-state index in [1.54, 1.807) is 0 Å². The summed E-state index contributed by atoms with van der Waals surface area (Å²) in [6.45, 7) is 0. The number of benzene rings is 1. The van der Waals surface area contributed by atoms with E-state index in [0.717, 1.165) is 14.2 Å². The molecule has 0 unspecified atom stereocenters. The Bertz CT molecular complexity index is 582. The van der Waals surface area contributed by atoms with Crippen LogP contribution in [-0.2, 0) is 19.1 Å². The number of carbonyl (C=O) groups is 3. The summed E-state index contributed by atoms with van der Waals surface area (Å²) < 4.78 is 48.4. The molecule has 1 rings (SSSR count). The van der Waals surface area contributed by atoms with E-state index in [4.69, 9.17) is 0 Å². The fourth-order valence-corrected chi connectivity index (χ4v) is 1.58. The first kappa shape index (κ1) is 17.5. The fraction of sp³-hybridized carbons (Fsp3) is 0.308. The molecule has 9 heteroatoms. The number of rotatable bonds is 5. The van der Waals surface area contributed by atoms with Gasteiger partial charge < -0.3 is 14.8 Å². The van der Waals surface area contributed by atoms with Gasteiger partial charge in [0.05, 0.1) is 20.6 Å². The van der Waals surface area contributed by atoms with Gasteiger partial charge in [-0.3, -0.25) is 9.59 Å². The molecule has 0 spiro atoms. The molecular formula is C13H12F3NO5. The summed E-state index contributed by atoms with van der Waals surface area (Å²) in [4.78, 5) is 34.4. The first-order chi connectivity index (χ1) is 10.3. The van der Waals surface area contributed by atoms with Crippen molar-refractivity contribution in [2.24, 2.45) is 0 Å². The van der Waals surface area contributed by atoms with Gasteiger partial charge >= 0.3 is 11.9 Å².